The second kappa shape index (κ2) is 7.63. The molecule has 0 spiro atoms. The van der Waals surface area contributed by atoms with Gasteiger partial charge in [-0.15, -0.1) is 0 Å². The van der Waals surface area contributed by atoms with E-state index in [0.717, 1.165) is 0 Å². The molecule has 26 heavy (non-hydrogen) atoms. The number of hydrogen-bond acceptors (Lipinski definition) is 4. The van der Waals surface area contributed by atoms with Crippen molar-refractivity contribution in [3.8, 4) is 0 Å². The van der Waals surface area contributed by atoms with Gasteiger partial charge in [-0.3, -0.25) is 9.59 Å². The summed E-state index contributed by atoms with van der Waals surface area (Å²) in [6.45, 7) is 0.978. The minimum Gasteiger partial charge on any atom is -0.480 e. The van der Waals surface area contributed by atoms with Crippen molar-refractivity contribution in [2.24, 2.45) is 11.8 Å². The third kappa shape index (κ3) is 3.54. The van der Waals surface area contributed by atoms with Crippen LogP contribution in [-0.4, -0.2) is 68.9 Å². The number of likely N-dealkylation sites (tertiary alicyclic amines) is 2. The molecule has 0 aromatic rings. The maximum Gasteiger partial charge on any atom is 0.326 e. The molecule has 8 heteroatoms. The Bertz CT molecular complexity index is 546. The zero-order valence-electron chi connectivity index (χ0n) is 14.8. The fourth-order valence-corrected chi connectivity index (χ4v) is 4.63. The maximum absolute atomic E-state index is 12.7. The van der Waals surface area contributed by atoms with Gasteiger partial charge in [-0.2, -0.15) is 0 Å². The van der Waals surface area contributed by atoms with E-state index in [9.17, 15) is 29.4 Å². The number of carboxylic acid groups (broad SMARTS) is 2. The van der Waals surface area contributed by atoms with E-state index >= 15 is 0 Å². The number of rotatable bonds is 4. The standard InChI is InChI=1S/C18H26N2O6/c21-15(19-9-1-3-13(19)17(23)24)11-5-7-12(8-6-11)16(22)20-10-2-4-14(20)18(25)26/h11-14H,1-10H2,(H,23,24)(H,25,26). The first-order chi connectivity index (χ1) is 12.4. The predicted molar refractivity (Wildman–Crippen MR) is 90.2 cm³/mol. The van der Waals surface area contributed by atoms with Gasteiger partial charge in [0.2, 0.25) is 11.8 Å². The predicted octanol–water partition coefficient (Wildman–Crippen LogP) is 0.944. The molecular formula is C18H26N2O6. The quantitative estimate of drug-likeness (QED) is 0.765. The van der Waals surface area contributed by atoms with Gasteiger partial charge < -0.3 is 20.0 Å². The number of carboxylic acids is 2. The highest BCUT2D eigenvalue weighted by molar-refractivity contribution is 5.87. The molecule has 1 saturated carbocycles. The number of amides is 2. The van der Waals surface area contributed by atoms with Crippen molar-refractivity contribution in [3.05, 3.63) is 0 Å². The summed E-state index contributed by atoms with van der Waals surface area (Å²) in [6, 6.07) is -1.44. The minimum atomic E-state index is -0.951. The van der Waals surface area contributed by atoms with Crippen LogP contribution in [0.2, 0.25) is 0 Å². The third-order valence-corrected chi connectivity index (χ3v) is 6.07. The van der Waals surface area contributed by atoms with Crippen molar-refractivity contribution in [2.45, 2.75) is 63.5 Å². The maximum atomic E-state index is 12.7. The first-order valence-corrected chi connectivity index (χ1v) is 9.46. The lowest BCUT2D eigenvalue weighted by Crippen LogP contribution is -2.46. The van der Waals surface area contributed by atoms with Crippen LogP contribution >= 0.6 is 0 Å². The van der Waals surface area contributed by atoms with Crippen LogP contribution in [-0.2, 0) is 19.2 Å². The Morgan fingerprint density at radius 3 is 1.27 bits per heavy atom. The number of hydrogen-bond donors (Lipinski definition) is 2. The largest absolute Gasteiger partial charge is 0.480 e. The van der Waals surface area contributed by atoms with Crippen LogP contribution in [0.15, 0.2) is 0 Å². The summed E-state index contributed by atoms with van der Waals surface area (Å²) in [4.78, 5) is 50.9. The van der Waals surface area contributed by atoms with Crippen LogP contribution in [0.5, 0.6) is 0 Å². The number of nitrogens with zero attached hydrogens (tertiary/aromatic N) is 2. The Morgan fingerprint density at radius 1 is 0.615 bits per heavy atom. The van der Waals surface area contributed by atoms with Crippen LogP contribution in [0.1, 0.15) is 51.4 Å². The van der Waals surface area contributed by atoms with Gasteiger partial charge >= 0.3 is 11.9 Å². The topological polar surface area (TPSA) is 115 Å². The van der Waals surface area contributed by atoms with Gasteiger partial charge in [0, 0.05) is 24.9 Å². The second-order valence-electron chi connectivity index (χ2n) is 7.60. The van der Waals surface area contributed by atoms with E-state index in [1.807, 2.05) is 0 Å². The Labute approximate surface area is 152 Å². The fourth-order valence-electron chi connectivity index (χ4n) is 4.63. The molecule has 0 aromatic heterocycles. The van der Waals surface area contributed by atoms with E-state index in [0.29, 0.717) is 64.5 Å². The van der Waals surface area contributed by atoms with E-state index in [1.54, 1.807) is 0 Å². The molecule has 0 radical (unpaired) electrons. The highest BCUT2D eigenvalue weighted by atomic mass is 16.4. The van der Waals surface area contributed by atoms with Crippen molar-refractivity contribution in [3.63, 3.8) is 0 Å². The van der Waals surface area contributed by atoms with Crippen LogP contribution in [0.4, 0.5) is 0 Å². The molecule has 2 atom stereocenters. The van der Waals surface area contributed by atoms with E-state index in [4.69, 9.17) is 0 Å². The van der Waals surface area contributed by atoms with Gasteiger partial charge in [0.05, 0.1) is 0 Å². The summed E-state index contributed by atoms with van der Waals surface area (Å²) in [7, 11) is 0. The Morgan fingerprint density at radius 2 is 0.962 bits per heavy atom. The average molecular weight is 366 g/mol. The molecule has 8 nitrogen and oxygen atoms in total. The number of aliphatic carboxylic acids is 2. The molecule has 3 aliphatic rings. The van der Waals surface area contributed by atoms with Gasteiger partial charge in [-0.25, -0.2) is 9.59 Å². The van der Waals surface area contributed by atoms with Crippen LogP contribution < -0.4 is 0 Å². The van der Waals surface area contributed by atoms with Crippen molar-refractivity contribution < 1.29 is 29.4 Å². The highest BCUT2D eigenvalue weighted by Gasteiger charge is 2.41. The molecule has 1 aliphatic carbocycles. The van der Waals surface area contributed by atoms with E-state index < -0.39 is 24.0 Å². The Kier molecular flexibility index (Phi) is 5.48. The lowest BCUT2D eigenvalue weighted by atomic mass is 9.80. The molecule has 2 saturated heterocycles. The molecular weight excluding hydrogens is 340 g/mol. The van der Waals surface area contributed by atoms with Crippen LogP contribution in [0.25, 0.3) is 0 Å². The Hall–Kier alpha value is -2.12. The normalized spacial score (nSPS) is 31.8. The van der Waals surface area contributed by atoms with Gasteiger partial charge in [-0.05, 0) is 51.4 Å². The molecule has 2 amide bonds. The first kappa shape index (κ1) is 18.7. The van der Waals surface area contributed by atoms with Gasteiger partial charge in [0.25, 0.3) is 0 Å². The first-order valence-electron chi connectivity index (χ1n) is 9.46. The second-order valence-corrected chi connectivity index (χ2v) is 7.60. The van der Waals surface area contributed by atoms with E-state index in [-0.39, 0.29) is 23.7 Å². The van der Waals surface area contributed by atoms with Gasteiger partial charge in [0.1, 0.15) is 12.1 Å². The molecule has 2 unspecified atom stereocenters. The molecule has 2 N–H and O–H groups in total. The molecule has 2 aliphatic heterocycles. The fraction of sp³-hybridized carbons (Fsp3) is 0.778. The summed E-state index contributed by atoms with van der Waals surface area (Å²) in [5.41, 5.74) is 0. The van der Waals surface area contributed by atoms with Crippen LogP contribution in [0, 0.1) is 11.8 Å². The zero-order chi connectivity index (χ0) is 18.8. The van der Waals surface area contributed by atoms with E-state index in [2.05, 4.69) is 0 Å². The number of carbonyl (C=O) groups is 4. The lowest BCUT2D eigenvalue weighted by molar-refractivity contribution is -0.152. The summed E-state index contributed by atoms with van der Waals surface area (Å²) >= 11 is 0. The average Bonchev–Trinajstić information content (AvgIpc) is 3.29. The summed E-state index contributed by atoms with van der Waals surface area (Å²) in [5, 5.41) is 18.5. The SMILES string of the molecule is O=C(O)C1CCCN1C(=O)C1CCC(C(=O)N2CCCC2C(=O)O)CC1. The summed E-state index contributed by atoms with van der Waals surface area (Å²) in [6.07, 6.45) is 4.66. The Balaban J connectivity index is 1.55. The molecule has 3 rings (SSSR count). The van der Waals surface area contributed by atoms with Crippen molar-refractivity contribution >= 4 is 23.8 Å². The lowest BCUT2D eigenvalue weighted by Gasteiger charge is -2.33. The number of carbonyl (C=O) groups excluding carboxylic acids is 2. The minimum absolute atomic E-state index is 0.106. The summed E-state index contributed by atoms with van der Waals surface area (Å²) in [5.74, 6) is -2.57. The van der Waals surface area contributed by atoms with Crippen LogP contribution in [0.3, 0.4) is 0 Å². The zero-order valence-corrected chi connectivity index (χ0v) is 14.8. The van der Waals surface area contributed by atoms with Crippen molar-refractivity contribution in [1.82, 2.24) is 9.80 Å². The summed E-state index contributed by atoms with van der Waals surface area (Å²) < 4.78 is 0. The molecule has 0 bridgehead atoms. The highest BCUT2D eigenvalue weighted by Crippen LogP contribution is 2.34. The van der Waals surface area contributed by atoms with E-state index in [1.165, 1.54) is 9.80 Å². The molecule has 0 aromatic carbocycles. The smallest absolute Gasteiger partial charge is 0.326 e. The monoisotopic (exact) mass is 366 g/mol. The molecule has 3 fully saturated rings. The third-order valence-electron chi connectivity index (χ3n) is 6.07. The molecule has 2 heterocycles. The van der Waals surface area contributed by atoms with Crippen molar-refractivity contribution in [2.75, 3.05) is 13.1 Å². The van der Waals surface area contributed by atoms with Gasteiger partial charge in [0.15, 0.2) is 0 Å². The van der Waals surface area contributed by atoms with Gasteiger partial charge in [-0.1, -0.05) is 0 Å². The van der Waals surface area contributed by atoms with Crippen molar-refractivity contribution in [1.29, 1.82) is 0 Å². The molecule has 144 valence electrons.